The molecular weight excluding hydrogens is 391 g/mol. The minimum Gasteiger partial charge on any atom is -0.421 e. The molecule has 5 nitrogen and oxygen atoms in total. The summed E-state index contributed by atoms with van der Waals surface area (Å²) in [5.41, 5.74) is 1.64. The zero-order valence-electron chi connectivity index (χ0n) is 14.6. The Hall–Kier alpha value is -2.92. The number of aromatic amines is 1. The second kappa shape index (κ2) is 6.60. The summed E-state index contributed by atoms with van der Waals surface area (Å²) in [6.07, 6.45) is 0. The van der Waals surface area contributed by atoms with E-state index >= 15 is 0 Å². The molecule has 0 saturated heterocycles. The van der Waals surface area contributed by atoms with E-state index in [0.29, 0.717) is 5.75 Å². The van der Waals surface area contributed by atoms with Crippen molar-refractivity contribution in [2.24, 2.45) is 0 Å². The van der Waals surface area contributed by atoms with Crippen LogP contribution in [0.3, 0.4) is 0 Å². The minimum atomic E-state index is -3.96. The average molecular weight is 406 g/mol. The van der Waals surface area contributed by atoms with Gasteiger partial charge in [-0.1, -0.05) is 36.4 Å². The number of nitrogens with zero attached hydrogens (tertiary/aromatic N) is 1. The molecule has 2 N–H and O–H groups in total. The van der Waals surface area contributed by atoms with Crippen molar-refractivity contribution in [1.82, 2.24) is 10.2 Å². The van der Waals surface area contributed by atoms with E-state index in [-0.39, 0.29) is 5.30 Å². The van der Waals surface area contributed by atoms with E-state index in [2.05, 4.69) is 28.4 Å². The van der Waals surface area contributed by atoms with Crippen LogP contribution in [0.4, 0.5) is 0 Å². The highest BCUT2D eigenvalue weighted by atomic mass is 32.1. The molecule has 2 heterocycles. The number of thiophene rings is 1. The largest absolute Gasteiger partial charge is 0.421 e. The predicted octanol–water partition coefficient (Wildman–Crippen LogP) is 5.33. The molecule has 5 aromatic rings. The standard InChI is InChI=1S/C21H15N2O3PS/c24-27(25,16-7-2-1-3-8-16)26-15-10-11-18-17(13-15)21(23-22-18)20-12-14-6-4-5-9-19(14)28-20/h1-13H,(H,22,23)(H,24,25). The maximum absolute atomic E-state index is 12.6. The van der Waals surface area contributed by atoms with Crippen LogP contribution in [0.1, 0.15) is 0 Å². The molecule has 0 spiro atoms. The van der Waals surface area contributed by atoms with Crippen molar-refractivity contribution in [3.8, 4) is 16.3 Å². The lowest BCUT2D eigenvalue weighted by Gasteiger charge is -2.13. The van der Waals surface area contributed by atoms with Gasteiger partial charge in [-0.25, -0.2) is 4.57 Å². The van der Waals surface area contributed by atoms with Gasteiger partial charge in [-0.3, -0.25) is 5.10 Å². The molecule has 3 aromatic carbocycles. The fraction of sp³-hybridized carbons (Fsp3) is 0. The average Bonchev–Trinajstić information content (AvgIpc) is 3.31. The molecule has 7 heteroatoms. The summed E-state index contributed by atoms with van der Waals surface area (Å²) in [5.74, 6) is 0.325. The zero-order chi connectivity index (χ0) is 19.1. The van der Waals surface area contributed by atoms with E-state index in [4.69, 9.17) is 4.52 Å². The van der Waals surface area contributed by atoms with Crippen LogP contribution in [0.25, 0.3) is 31.6 Å². The number of fused-ring (bicyclic) bond motifs is 2. The zero-order valence-corrected chi connectivity index (χ0v) is 16.3. The highest BCUT2D eigenvalue weighted by Gasteiger charge is 2.24. The van der Waals surface area contributed by atoms with Gasteiger partial charge in [0, 0.05) is 10.1 Å². The molecule has 28 heavy (non-hydrogen) atoms. The minimum absolute atomic E-state index is 0.257. The molecule has 0 aliphatic heterocycles. The molecule has 0 saturated carbocycles. The summed E-state index contributed by atoms with van der Waals surface area (Å²) < 4.78 is 19.3. The van der Waals surface area contributed by atoms with E-state index in [1.807, 2.05) is 12.1 Å². The lowest BCUT2D eigenvalue weighted by atomic mass is 10.1. The number of nitrogens with one attached hydrogen (secondary N) is 1. The van der Waals surface area contributed by atoms with Crippen molar-refractivity contribution in [2.75, 3.05) is 0 Å². The van der Waals surface area contributed by atoms with Gasteiger partial charge in [-0.2, -0.15) is 5.10 Å². The summed E-state index contributed by atoms with van der Waals surface area (Å²) in [4.78, 5) is 11.4. The molecule has 5 rings (SSSR count). The summed E-state index contributed by atoms with van der Waals surface area (Å²) in [7, 11) is -3.96. The van der Waals surface area contributed by atoms with Crippen molar-refractivity contribution in [1.29, 1.82) is 0 Å². The summed E-state index contributed by atoms with van der Waals surface area (Å²) in [6, 6.07) is 23.9. The molecule has 0 fully saturated rings. The van der Waals surface area contributed by atoms with Crippen molar-refractivity contribution in [2.45, 2.75) is 0 Å². The van der Waals surface area contributed by atoms with Gasteiger partial charge in [0.05, 0.1) is 15.7 Å². The normalized spacial score (nSPS) is 13.6. The van der Waals surface area contributed by atoms with Gasteiger partial charge in [0.1, 0.15) is 11.4 Å². The van der Waals surface area contributed by atoms with Gasteiger partial charge in [0.2, 0.25) is 0 Å². The van der Waals surface area contributed by atoms with E-state index in [0.717, 1.165) is 26.9 Å². The Morgan fingerprint density at radius 1 is 0.964 bits per heavy atom. The number of hydrogen-bond donors (Lipinski definition) is 2. The van der Waals surface area contributed by atoms with Crippen molar-refractivity contribution < 1.29 is 14.0 Å². The first-order chi connectivity index (χ1) is 13.6. The van der Waals surface area contributed by atoms with Gasteiger partial charge in [0.25, 0.3) is 0 Å². The first kappa shape index (κ1) is 17.2. The molecule has 0 aliphatic carbocycles. The Balaban J connectivity index is 1.56. The van der Waals surface area contributed by atoms with Gasteiger partial charge in [-0.15, -0.1) is 11.3 Å². The Morgan fingerprint density at radius 2 is 1.75 bits per heavy atom. The van der Waals surface area contributed by atoms with Crippen LogP contribution in [-0.2, 0) is 4.57 Å². The first-order valence-electron chi connectivity index (χ1n) is 8.65. The molecule has 2 aromatic heterocycles. The molecule has 138 valence electrons. The van der Waals surface area contributed by atoms with Crippen molar-refractivity contribution in [3.05, 3.63) is 78.9 Å². The maximum Gasteiger partial charge on any atom is 0.408 e. The number of H-pyrrole nitrogens is 1. The van der Waals surface area contributed by atoms with Gasteiger partial charge < -0.3 is 9.42 Å². The van der Waals surface area contributed by atoms with Crippen LogP contribution >= 0.6 is 18.9 Å². The van der Waals surface area contributed by atoms with Crippen LogP contribution in [0.5, 0.6) is 5.75 Å². The molecule has 0 bridgehead atoms. The van der Waals surface area contributed by atoms with E-state index in [9.17, 15) is 9.46 Å². The molecular formula is C21H15N2O3PS. The summed E-state index contributed by atoms with van der Waals surface area (Å²) in [5, 5.41) is 9.74. The van der Waals surface area contributed by atoms with Crippen LogP contribution < -0.4 is 9.83 Å². The molecule has 0 radical (unpaired) electrons. The van der Waals surface area contributed by atoms with Crippen molar-refractivity contribution >= 4 is 45.2 Å². The first-order valence-corrected chi connectivity index (χ1v) is 11.0. The van der Waals surface area contributed by atoms with Gasteiger partial charge >= 0.3 is 7.60 Å². The lowest BCUT2D eigenvalue weighted by Crippen LogP contribution is -2.08. The smallest absolute Gasteiger partial charge is 0.408 e. The molecule has 0 aliphatic rings. The monoisotopic (exact) mass is 406 g/mol. The van der Waals surface area contributed by atoms with E-state index < -0.39 is 7.60 Å². The Bertz CT molecular complexity index is 1310. The third kappa shape index (κ3) is 3.02. The maximum atomic E-state index is 12.6. The molecule has 0 amide bonds. The summed E-state index contributed by atoms with van der Waals surface area (Å²) in [6.45, 7) is 0. The van der Waals surface area contributed by atoms with Crippen molar-refractivity contribution in [3.63, 3.8) is 0 Å². The number of benzene rings is 3. The fourth-order valence-electron chi connectivity index (χ4n) is 3.15. The predicted molar refractivity (Wildman–Crippen MR) is 113 cm³/mol. The third-order valence-corrected chi connectivity index (χ3v) is 7.04. The van der Waals surface area contributed by atoms with Gasteiger partial charge in [0.15, 0.2) is 0 Å². The van der Waals surface area contributed by atoms with Crippen LogP contribution in [0.15, 0.2) is 78.9 Å². The second-order valence-electron chi connectivity index (χ2n) is 6.38. The third-order valence-electron chi connectivity index (χ3n) is 4.50. The van der Waals surface area contributed by atoms with Crippen LogP contribution in [0, 0.1) is 0 Å². The Morgan fingerprint density at radius 3 is 2.57 bits per heavy atom. The van der Waals surface area contributed by atoms with E-state index in [1.54, 1.807) is 59.9 Å². The van der Waals surface area contributed by atoms with Crippen LogP contribution in [-0.4, -0.2) is 15.1 Å². The van der Waals surface area contributed by atoms with Gasteiger partial charge in [-0.05, 0) is 47.9 Å². The van der Waals surface area contributed by atoms with Crippen LogP contribution in [0.2, 0.25) is 0 Å². The topological polar surface area (TPSA) is 75.2 Å². The Kier molecular flexibility index (Phi) is 4.05. The van der Waals surface area contributed by atoms with E-state index in [1.165, 1.54) is 4.70 Å². The number of hydrogen-bond acceptors (Lipinski definition) is 4. The summed E-state index contributed by atoms with van der Waals surface area (Å²) >= 11 is 1.66. The molecule has 1 atom stereocenters. The Labute approximate surface area is 164 Å². The highest BCUT2D eigenvalue weighted by molar-refractivity contribution is 7.61. The SMILES string of the molecule is O=P(O)(Oc1ccc2[nH]nc(-c3cc4ccccc4s3)c2c1)c1ccccc1. The number of rotatable bonds is 4. The highest BCUT2D eigenvalue weighted by Crippen LogP contribution is 2.43. The fourth-order valence-corrected chi connectivity index (χ4v) is 5.27. The second-order valence-corrected chi connectivity index (χ2v) is 9.20. The quantitative estimate of drug-likeness (QED) is 0.395. The number of aromatic nitrogens is 2. The molecule has 1 unspecified atom stereocenters. The lowest BCUT2D eigenvalue weighted by molar-refractivity contribution is 0.393.